The third kappa shape index (κ3) is 3.89. The van der Waals surface area contributed by atoms with Gasteiger partial charge in [-0.05, 0) is 30.9 Å². The molecule has 0 bridgehead atoms. The zero-order valence-corrected chi connectivity index (χ0v) is 11.7. The van der Waals surface area contributed by atoms with Gasteiger partial charge in [0, 0.05) is 18.1 Å². The fourth-order valence-corrected chi connectivity index (χ4v) is 2.04. The Kier molecular flexibility index (Phi) is 4.32. The van der Waals surface area contributed by atoms with Gasteiger partial charge in [-0.2, -0.15) is 0 Å². The van der Waals surface area contributed by atoms with E-state index in [9.17, 15) is 0 Å². The van der Waals surface area contributed by atoms with Crippen molar-refractivity contribution in [3.8, 4) is 0 Å². The molecule has 0 amide bonds. The van der Waals surface area contributed by atoms with E-state index in [1.165, 1.54) is 0 Å². The summed E-state index contributed by atoms with van der Waals surface area (Å²) in [5.74, 6) is 0.694. The molecule has 0 aliphatic heterocycles. The summed E-state index contributed by atoms with van der Waals surface area (Å²) in [5.41, 5.74) is 6.73. The number of hydrogen-bond acceptors (Lipinski definition) is 4. The van der Waals surface area contributed by atoms with Crippen LogP contribution in [0, 0.1) is 5.41 Å². The zero-order valence-electron chi connectivity index (χ0n) is 11.7. The largest absolute Gasteiger partial charge is 0.354 e. The molecule has 0 saturated carbocycles. The Balaban J connectivity index is 2.01. The highest BCUT2D eigenvalue weighted by Gasteiger charge is 2.17. The van der Waals surface area contributed by atoms with E-state index in [0.717, 1.165) is 36.8 Å². The van der Waals surface area contributed by atoms with Gasteiger partial charge in [-0.1, -0.05) is 32.0 Å². The Labute approximate surface area is 114 Å². The van der Waals surface area contributed by atoms with E-state index >= 15 is 0 Å². The number of benzene rings is 1. The molecule has 2 aromatic rings. The van der Waals surface area contributed by atoms with Crippen molar-refractivity contribution >= 4 is 16.9 Å². The van der Waals surface area contributed by atoms with Gasteiger partial charge in [-0.25, -0.2) is 9.97 Å². The fraction of sp³-hybridized carbons (Fsp3) is 0.467. The lowest BCUT2D eigenvalue weighted by Gasteiger charge is -2.24. The second-order valence-corrected chi connectivity index (χ2v) is 5.66. The highest BCUT2D eigenvalue weighted by molar-refractivity contribution is 5.78. The summed E-state index contributed by atoms with van der Waals surface area (Å²) >= 11 is 0. The number of fused-ring (bicyclic) bond motifs is 1. The molecule has 1 aromatic heterocycles. The molecule has 4 nitrogen and oxygen atoms in total. The number of nitrogens with two attached hydrogens (primary N) is 1. The molecule has 0 spiro atoms. The van der Waals surface area contributed by atoms with Gasteiger partial charge in [-0.15, -0.1) is 0 Å². The Hall–Kier alpha value is -1.68. The molecule has 3 N–H and O–H groups in total. The minimum atomic E-state index is 0.203. The van der Waals surface area contributed by atoms with Gasteiger partial charge in [0.25, 0.3) is 0 Å². The van der Waals surface area contributed by atoms with E-state index in [2.05, 4.69) is 29.1 Å². The number of aromatic nitrogens is 2. The summed E-state index contributed by atoms with van der Waals surface area (Å²) in [5, 5.41) is 4.39. The highest BCUT2D eigenvalue weighted by Crippen LogP contribution is 2.22. The topological polar surface area (TPSA) is 63.8 Å². The van der Waals surface area contributed by atoms with Crippen molar-refractivity contribution in [2.24, 2.45) is 11.1 Å². The van der Waals surface area contributed by atoms with Crippen molar-refractivity contribution in [3.05, 3.63) is 30.5 Å². The number of rotatable bonds is 6. The molecule has 0 saturated heterocycles. The SMILES string of the molecule is CC(C)(CCCN)CNc1ncc2ccccc2n1. The van der Waals surface area contributed by atoms with Gasteiger partial charge in [0.1, 0.15) is 0 Å². The van der Waals surface area contributed by atoms with Gasteiger partial charge < -0.3 is 11.1 Å². The van der Waals surface area contributed by atoms with Crippen LogP contribution in [0.3, 0.4) is 0 Å². The molecule has 1 aromatic carbocycles. The van der Waals surface area contributed by atoms with Crippen LogP contribution in [-0.2, 0) is 0 Å². The predicted octanol–water partition coefficient (Wildman–Crippen LogP) is 2.81. The van der Waals surface area contributed by atoms with E-state index in [4.69, 9.17) is 5.73 Å². The van der Waals surface area contributed by atoms with Gasteiger partial charge in [-0.3, -0.25) is 0 Å². The molecule has 1 heterocycles. The summed E-state index contributed by atoms with van der Waals surface area (Å²) < 4.78 is 0. The smallest absolute Gasteiger partial charge is 0.223 e. The molecule has 102 valence electrons. The Morgan fingerprint density at radius 3 is 2.84 bits per heavy atom. The van der Waals surface area contributed by atoms with Crippen LogP contribution in [0.2, 0.25) is 0 Å². The average molecular weight is 258 g/mol. The molecule has 2 rings (SSSR count). The summed E-state index contributed by atoms with van der Waals surface area (Å²) in [6.07, 6.45) is 4.01. The van der Waals surface area contributed by atoms with E-state index in [0.29, 0.717) is 5.95 Å². The van der Waals surface area contributed by atoms with E-state index in [-0.39, 0.29) is 5.41 Å². The van der Waals surface area contributed by atoms with Gasteiger partial charge in [0.15, 0.2) is 0 Å². The molecular weight excluding hydrogens is 236 g/mol. The minimum absolute atomic E-state index is 0.203. The maximum atomic E-state index is 5.56. The number of nitrogens with zero attached hydrogens (tertiary/aromatic N) is 2. The lowest BCUT2D eigenvalue weighted by atomic mass is 9.88. The van der Waals surface area contributed by atoms with Crippen molar-refractivity contribution in [3.63, 3.8) is 0 Å². The molecule has 0 unspecified atom stereocenters. The quantitative estimate of drug-likeness (QED) is 0.836. The standard InChI is InChI=1S/C15H22N4/c1-15(2,8-5-9-16)11-18-14-17-10-12-6-3-4-7-13(12)19-14/h3-4,6-7,10H,5,8-9,11,16H2,1-2H3,(H,17,18,19). The normalized spacial score (nSPS) is 11.7. The predicted molar refractivity (Wildman–Crippen MR) is 80.1 cm³/mol. The number of nitrogens with one attached hydrogen (secondary N) is 1. The van der Waals surface area contributed by atoms with Crippen LogP contribution in [0.25, 0.3) is 10.9 Å². The van der Waals surface area contributed by atoms with Crippen LogP contribution in [0.15, 0.2) is 30.5 Å². The van der Waals surface area contributed by atoms with Crippen LogP contribution >= 0.6 is 0 Å². The lowest BCUT2D eigenvalue weighted by molar-refractivity contribution is 0.349. The van der Waals surface area contributed by atoms with E-state index in [1.807, 2.05) is 30.5 Å². The maximum Gasteiger partial charge on any atom is 0.223 e. The first-order valence-corrected chi connectivity index (χ1v) is 6.76. The van der Waals surface area contributed by atoms with E-state index < -0.39 is 0 Å². The summed E-state index contributed by atoms with van der Waals surface area (Å²) in [7, 11) is 0. The number of para-hydroxylation sites is 1. The summed E-state index contributed by atoms with van der Waals surface area (Å²) in [4.78, 5) is 8.85. The molecule has 0 aliphatic carbocycles. The van der Waals surface area contributed by atoms with Gasteiger partial charge in [0.2, 0.25) is 5.95 Å². The Morgan fingerprint density at radius 1 is 1.26 bits per heavy atom. The molecule has 4 heteroatoms. The summed E-state index contributed by atoms with van der Waals surface area (Å²) in [6.45, 7) is 6.06. The number of hydrogen-bond donors (Lipinski definition) is 2. The third-order valence-corrected chi connectivity index (χ3v) is 3.27. The molecule has 0 atom stereocenters. The Bertz CT molecular complexity index is 536. The third-order valence-electron chi connectivity index (χ3n) is 3.27. The van der Waals surface area contributed by atoms with Crippen molar-refractivity contribution in [1.82, 2.24) is 9.97 Å². The minimum Gasteiger partial charge on any atom is -0.354 e. The van der Waals surface area contributed by atoms with Crippen LogP contribution in [0.5, 0.6) is 0 Å². The first kappa shape index (κ1) is 13.7. The van der Waals surface area contributed by atoms with Gasteiger partial charge >= 0.3 is 0 Å². The van der Waals surface area contributed by atoms with Crippen molar-refractivity contribution < 1.29 is 0 Å². The van der Waals surface area contributed by atoms with Crippen molar-refractivity contribution in [2.45, 2.75) is 26.7 Å². The lowest BCUT2D eigenvalue weighted by Crippen LogP contribution is -2.24. The van der Waals surface area contributed by atoms with Crippen LogP contribution < -0.4 is 11.1 Å². The van der Waals surface area contributed by atoms with Crippen LogP contribution in [0.4, 0.5) is 5.95 Å². The molecular formula is C15H22N4. The Morgan fingerprint density at radius 2 is 2.05 bits per heavy atom. The van der Waals surface area contributed by atoms with E-state index in [1.54, 1.807) is 0 Å². The van der Waals surface area contributed by atoms with Crippen LogP contribution in [-0.4, -0.2) is 23.1 Å². The monoisotopic (exact) mass is 258 g/mol. The fourth-order valence-electron chi connectivity index (χ4n) is 2.04. The molecule has 0 radical (unpaired) electrons. The highest BCUT2D eigenvalue weighted by atomic mass is 15.1. The van der Waals surface area contributed by atoms with Crippen molar-refractivity contribution in [2.75, 3.05) is 18.4 Å². The van der Waals surface area contributed by atoms with Crippen molar-refractivity contribution in [1.29, 1.82) is 0 Å². The average Bonchev–Trinajstić information content (AvgIpc) is 2.43. The zero-order chi connectivity index (χ0) is 13.7. The van der Waals surface area contributed by atoms with Gasteiger partial charge in [0.05, 0.1) is 5.52 Å². The van der Waals surface area contributed by atoms with Crippen LogP contribution in [0.1, 0.15) is 26.7 Å². The second kappa shape index (κ2) is 5.97. The summed E-state index contributed by atoms with van der Waals surface area (Å²) in [6, 6.07) is 8.01. The first-order valence-electron chi connectivity index (χ1n) is 6.76. The molecule has 19 heavy (non-hydrogen) atoms. The maximum absolute atomic E-state index is 5.56. The molecule has 0 fully saturated rings. The second-order valence-electron chi connectivity index (χ2n) is 5.66. The number of anilines is 1. The molecule has 0 aliphatic rings. The first-order chi connectivity index (χ1) is 9.11.